The normalized spacial score (nSPS) is 9.19. The van der Waals surface area contributed by atoms with Crippen LogP contribution in [-0.4, -0.2) is 6.61 Å². The Balaban J connectivity index is 0.000000240. The molecule has 0 aliphatic rings. The Hall–Kier alpha value is -3.32. The lowest BCUT2D eigenvalue weighted by molar-refractivity contribution is 0.305. The van der Waals surface area contributed by atoms with Crippen molar-refractivity contribution in [2.24, 2.45) is 0 Å². The highest BCUT2D eigenvalue weighted by atomic mass is 16.5. The van der Waals surface area contributed by atoms with Gasteiger partial charge in [0.15, 0.2) is 0 Å². The van der Waals surface area contributed by atoms with Crippen molar-refractivity contribution in [3.8, 4) is 5.75 Å². The van der Waals surface area contributed by atoms with E-state index in [2.05, 4.69) is 26.7 Å². The van der Waals surface area contributed by atoms with Gasteiger partial charge in [-0.1, -0.05) is 137 Å². The molecule has 3 rings (SSSR count). The summed E-state index contributed by atoms with van der Waals surface area (Å²) in [5, 5.41) is 0. The van der Waals surface area contributed by atoms with E-state index in [1.807, 2.05) is 103 Å². The van der Waals surface area contributed by atoms with Gasteiger partial charge in [-0.3, -0.25) is 0 Å². The van der Waals surface area contributed by atoms with Crippen LogP contribution in [0.15, 0.2) is 105 Å². The lowest BCUT2D eigenvalue weighted by atomic mass is 10.1. The molecule has 1 nitrogen and oxygen atoms in total. The third kappa shape index (κ3) is 12.1. The molecule has 0 aliphatic carbocycles. The minimum Gasteiger partial charge on any atom is -0.494 e. The number of ether oxygens (including phenoxy) is 1. The summed E-state index contributed by atoms with van der Waals surface area (Å²) in [5.41, 5.74) is 3.45. The molecule has 0 saturated carbocycles. The summed E-state index contributed by atoms with van der Waals surface area (Å²) in [6.45, 7) is 14.1. The van der Waals surface area contributed by atoms with Gasteiger partial charge in [0.25, 0.3) is 0 Å². The van der Waals surface area contributed by atoms with E-state index in [0.29, 0.717) is 0 Å². The Bertz CT molecular complexity index is 823. The number of hydrogen-bond donors (Lipinski definition) is 0. The number of benzene rings is 3. The second kappa shape index (κ2) is 17.5. The molecular weight excluding hydrogens is 376 g/mol. The molecular formula is C30H36O. The van der Waals surface area contributed by atoms with Gasteiger partial charge < -0.3 is 4.74 Å². The third-order valence-electron chi connectivity index (χ3n) is 4.48. The van der Waals surface area contributed by atoms with Crippen LogP contribution in [0.5, 0.6) is 5.75 Å². The number of unbranched alkanes of at least 4 members (excludes halogenated alkanes) is 3. The summed E-state index contributed by atoms with van der Waals surface area (Å²) in [7, 11) is 0. The molecule has 0 radical (unpaired) electrons. The monoisotopic (exact) mass is 412 g/mol. The smallest absolute Gasteiger partial charge is 0.119 e. The maximum atomic E-state index is 5.55. The molecule has 0 N–H and O–H groups in total. The molecule has 1 heteroatoms. The quantitative estimate of drug-likeness (QED) is 0.319. The van der Waals surface area contributed by atoms with Crippen LogP contribution >= 0.6 is 0 Å². The SMILES string of the molecule is C=Cc1ccccc1.C=Cc1ccccc1C=C.CCCCCCOc1ccccc1. The molecule has 31 heavy (non-hydrogen) atoms. The number of rotatable bonds is 9. The van der Waals surface area contributed by atoms with E-state index < -0.39 is 0 Å². The summed E-state index contributed by atoms with van der Waals surface area (Å²) in [4.78, 5) is 0. The molecule has 162 valence electrons. The average molecular weight is 413 g/mol. The molecule has 0 aliphatic heterocycles. The fourth-order valence-corrected chi connectivity index (χ4v) is 2.71. The molecule has 3 aromatic carbocycles. The third-order valence-corrected chi connectivity index (χ3v) is 4.48. The van der Waals surface area contributed by atoms with Crippen LogP contribution in [0, 0.1) is 0 Å². The van der Waals surface area contributed by atoms with Crippen LogP contribution in [0.2, 0.25) is 0 Å². The largest absolute Gasteiger partial charge is 0.494 e. The molecule has 0 spiro atoms. The molecule has 0 amide bonds. The van der Waals surface area contributed by atoms with E-state index in [9.17, 15) is 0 Å². The zero-order chi connectivity index (χ0) is 22.6. The van der Waals surface area contributed by atoms with Crippen molar-refractivity contribution in [1.29, 1.82) is 0 Å². The summed E-state index contributed by atoms with van der Waals surface area (Å²) < 4.78 is 5.55. The maximum Gasteiger partial charge on any atom is 0.119 e. The number of hydrogen-bond acceptors (Lipinski definition) is 1. The van der Waals surface area contributed by atoms with Crippen molar-refractivity contribution < 1.29 is 4.74 Å². The lowest BCUT2D eigenvalue weighted by Gasteiger charge is -2.04. The Morgan fingerprint density at radius 2 is 1.13 bits per heavy atom. The van der Waals surface area contributed by atoms with Crippen molar-refractivity contribution in [1.82, 2.24) is 0 Å². The van der Waals surface area contributed by atoms with Crippen molar-refractivity contribution in [3.63, 3.8) is 0 Å². The van der Waals surface area contributed by atoms with Gasteiger partial charge in [-0.05, 0) is 35.2 Å². The second-order valence-electron chi connectivity index (χ2n) is 6.87. The van der Waals surface area contributed by atoms with E-state index >= 15 is 0 Å². The van der Waals surface area contributed by atoms with E-state index in [4.69, 9.17) is 4.74 Å². The number of para-hydroxylation sites is 1. The highest BCUT2D eigenvalue weighted by Gasteiger charge is 1.91. The molecule has 0 aromatic heterocycles. The second-order valence-corrected chi connectivity index (χ2v) is 6.87. The summed E-state index contributed by atoms with van der Waals surface area (Å²) in [6, 6.07) is 28.1. The predicted octanol–water partition coefficient (Wildman–Crippen LogP) is 8.95. The van der Waals surface area contributed by atoms with Gasteiger partial charge >= 0.3 is 0 Å². The first kappa shape index (κ1) is 25.7. The molecule has 0 saturated heterocycles. The van der Waals surface area contributed by atoms with Gasteiger partial charge in [-0.15, -0.1) is 0 Å². The fourth-order valence-electron chi connectivity index (χ4n) is 2.71. The molecule has 3 aromatic rings. The standard InChI is InChI=1S/C12H18O.C10H10.C8H8/c1-2-3-4-8-11-13-12-9-6-5-7-10-12;1-3-9-7-5-6-8-10(9)4-2;1-2-8-6-4-3-5-7-8/h5-7,9-10H,2-4,8,11H2,1H3;3-8H,1-2H2;2-7H,1H2. The molecule has 0 heterocycles. The van der Waals surface area contributed by atoms with Crippen LogP contribution in [0.1, 0.15) is 49.3 Å². The molecule has 0 atom stereocenters. The van der Waals surface area contributed by atoms with Crippen LogP contribution in [-0.2, 0) is 0 Å². The molecule has 0 fully saturated rings. The first-order chi connectivity index (χ1) is 15.2. The van der Waals surface area contributed by atoms with Crippen molar-refractivity contribution in [2.45, 2.75) is 32.6 Å². The summed E-state index contributed by atoms with van der Waals surface area (Å²) in [5.74, 6) is 0.985. The van der Waals surface area contributed by atoms with E-state index in [0.717, 1.165) is 23.5 Å². The van der Waals surface area contributed by atoms with Gasteiger partial charge in [-0.2, -0.15) is 0 Å². The maximum absolute atomic E-state index is 5.55. The van der Waals surface area contributed by atoms with Crippen molar-refractivity contribution in [3.05, 3.63) is 121 Å². The Labute approximate surface area is 189 Å². The van der Waals surface area contributed by atoms with Crippen LogP contribution in [0.4, 0.5) is 0 Å². The van der Waals surface area contributed by atoms with E-state index in [1.165, 1.54) is 31.2 Å². The van der Waals surface area contributed by atoms with Crippen LogP contribution < -0.4 is 4.74 Å². The summed E-state index contributed by atoms with van der Waals surface area (Å²) in [6.07, 6.45) is 10.5. The predicted molar refractivity (Wildman–Crippen MR) is 139 cm³/mol. The highest BCUT2D eigenvalue weighted by molar-refractivity contribution is 5.63. The zero-order valence-electron chi connectivity index (χ0n) is 18.9. The Kier molecular flexibility index (Phi) is 14.5. The van der Waals surface area contributed by atoms with E-state index in [-0.39, 0.29) is 0 Å². The van der Waals surface area contributed by atoms with Gasteiger partial charge in [0.2, 0.25) is 0 Å². The minimum atomic E-state index is 0.851. The lowest BCUT2D eigenvalue weighted by Crippen LogP contribution is -1.96. The highest BCUT2D eigenvalue weighted by Crippen LogP contribution is 2.10. The van der Waals surface area contributed by atoms with Gasteiger partial charge in [0.05, 0.1) is 6.61 Å². The van der Waals surface area contributed by atoms with E-state index in [1.54, 1.807) is 0 Å². The minimum absolute atomic E-state index is 0.851. The van der Waals surface area contributed by atoms with Gasteiger partial charge in [0.1, 0.15) is 5.75 Å². The Morgan fingerprint density at radius 1 is 0.613 bits per heavy atom. The van der Waals surface area contributed by atoms with Crippen molar-refractivity contribution >= 4 is 18.2 Å². The first-order valence-corrected chi connectivity index (χ1v) is 10.9. The average Bonchev–Trinajstić information content (AvgIpc) is 2.85. The first-order valence-electron chi connectivity index (χ1n) is 10.9. The topological polar surface area (TPSA) is 9.23 Å². The van der Waals surface area contributed by atoms with Crippen LogP contribution in [0.3, 0.4) is 0 Å². The fraction of sp³-hybridized carbons (Fsp3) is 0.200. The van der Waals surface area contributed by atoms with Gasteiger partial charge in [-0.25, -0.2) is 0 Å². The van der Waals surface area contributed by atoms with Crippen molar-refractivity contribution in [2.75, 3.05) is 6.61 Å². The van der Waals surface area contributed by atoms with Gasteiger partial charge in [0, 0.05) is 0 Å². The zero-order valence-corrected chi connectivity index (χ0v) is 18.9. The Morgan fingerprint density at radius 3 is 1.58 bits per heavy atom. The molecule has 0 bridgehead atoms. The molecule has 0 unspecified atom stereocenters. The van der Waals surface area contributed by atoms with Crippen LogP contribution in [0.25, 0.3) is 18.2 Å². The summed E-state index contributed by atoms with van der Waals surface area (Å²) >= 11 is 0.